The summed E-state index contributed by atoms with van der Waals surface area (Å²) in [5, 5.41) is 5.02. The maximum absolute atomic E-state index is 11.1. The van der Waals surface area contributed by atoms with Crippen LogP contribution in [0.4, 0.5) is 0 Å². The molecule has 19 heavy (non-hydrogen) atoms. The number of hydrogen-bond acceptors (Lipinski definition) is 3. The van der Waals surface area contributed by atoms with Crippen molar-refractivity contribution < 1.29 is 13.2 Å². The highest BCUT2D eigenvalue weighted by molar-refractivity contribution is 7.89. The fraction of sp³-hybridized carbons (Fsp3) is 0. The number of sulfonamides is 1. The zero-order valence-electron chi connectivity index (χ0n) is 9.91. The van der Waals surface area contributed by atoms with Gasteiger partial charge in [0.25, 0.3) is 0 Å². The van der Waals surface area contributed by atoms with E-state index in [1.807, 2.05) is 0 Å². The molecule has 0 aliphatic carbocycles. The van der Waals surface area contributed by atoms with E-state index < -0.39 is 15.9 Å². The van der Waals surface area contributed by atoms with E-state index in [2.05, 4.69) is 0 Å². The molecule has 0 fully saturated rings. The van der Waals surface area contributed by atoms with Gasteiger partial charge in [-0.05, 0) is 35.4 Å². The van der Waals surface area contributed by atoms with Crippen LogP contribution in [0.5, 0.6) is 0 Å². The molecular weight excluding hydrogens is 264 g/mol. The van der Waals surface area contributed by atoms with Gasteiger partial charge >= 0.3 is 0 Å². The number of amides is 1. The molecule has 2 aromatic carbocycles. The summed E-state index contributed by atoms with van der Waals surface area (Å²) >= 11 is 0. The van der Waals surface area contributed by atoms with E-state index in [-0.39, 0.29) is 4.90 Å². The minimum Gasteiger partial charge on any atom is -0.366 e. The summed E-state index contributed by atoms with van der Waals surface area (Å²) in [4.78, 5) is 11.1. The molecule has 0 aromatic heterocycles. The Labute approximate surface area is 110 Å². The minimum absolute atomic E-state index is 0.0438. The highest BCUT2D eigenvalue weighted by Gasteiger charge is 2.08. The van der Waals surface area contributed by atoms with Gasteiger partial charge in [0.05, 0.1) is 4.90 Å². The second-order valence-corrected chi connectivity index (χ2v) is 5.58. The van der Waals surface area contributed by atoms with Gasteiger partial charge in [-0.1, -0.05) is 24.3 Å². The number of hydrogen-bond donors (Lipinski definition) is 2. The summed E-state index contributed by atoms with van der Waals surface area (Å²) < 4.78 is 22.3. The number of nitrogens with two attached hydrogens (primary N) is 2. The van der Waals surface area contributed by atoms with Crippen molar-refractivity contribution in [1.29, 1.82) is 0 Å². The second-order valence-electron chi connectivity index (χ2n) is 4.01. The smallest absolute Gasteiger partial charge is 0.248 e. The van der Waals surface area contributed by atoms with Gasteiger partial charge in [-0.25, -0.2) is 13.6 Å². The van der Waals surface area contributed by atoms with Crippen LogP contribution in [0, 0.1) is 0 Å². The van der Waals surface area contributed by atoms with Gasteiger partial charge in [0.1, 0.15) is 0 Å². The molecule has 0 bridgehead atoms. The first kappa shape index (κ1) is 13.3. The number of primary sulfonamides is 1. The van der Waals surface area contributed by atoms with Crippen LogP contribution < -0.4 is 10.9 Å². The molecule has 0 atom stereocenters. The second kappa shape index (κ2) is 4.83. The third-order valence-electron chi connectivity index (χ3n) is 2.66. The Morgan fingerprint density at radius 2 is 1.58 bits per heavy atom. The van der Waals surface area contributed by atoms with Crippen LogP contribution in [0.25, 0.3) is 11.1 Å². The SMILES string of the molecule is NC(=O)c1cccc(-c2ccc(S(N)(=O)=O)cc2)c1. The largest absolute Gasteiger partial charge is 0.366 e. The first-order valence-electron chi connectivity index (χ1n) is 5.41. The molecule has 0 saturated carbocycles. The molecule has 1 amide bonds. The van der Waals surface area contributed by atoms with Crippen molar-refractivity contribution in [3.63, 3.8) is 0 Å². The molecule has 98 valence electrons. The van der Waals surface area contributed by atoms with Crippen molar-refractivity contribution in [2.24, 2.45) is 10.9 Å². The van der Waals surface area contributed by atoms with Crippen LogP contribution in [-0.2, 0) is 10.0 Å². The standard InChI is InChI=1S/C13H12N2O3S/c14-13(16)11-3-1-2-10(8-11)9-4-6-12(7-5-9)19(15,17)18/h1-8H,(H2,14,16)(H2,15,17,18). The number of benzene rings is 2. The third-order valence-corrected chi connectivity index (χ3v) is 3.59. The molecule has 0 heterocycles. The van der Waals surface area contributed by atoms with Crippen LogP contribution in [0.1, 0.15) is 10.4 Å². The van der Waals surface area contributed by atoms with E-state index in [1.54, 1.807) is 36.4 Å². The molecular formula is C13H12N2O3S. The van der Waals surface area contributed by atoms with E-state index in [4.69, 9.17) is 10.9 Å². The van der Waals surface area contributed by atoms with Crippen LogP contribution in [0.3, 0.4) is 0 Å². The molecule has 2 aromatic rings. The Morgan fingerprint density at radius 3 is 2.11 bits per heavy atom. The Morgan fingerprint density at radius 1 is 0.947 bits per heavy atom. The lowest BCUT2D eigenvalue weighted by Gasteiger charge is -2.04. The van der Waals surface area contributed by atoms with Crippen molar-refractivity contribution in [2.45, 2.75) is 4.90 Å². The Balaban J connectivity index is 2.43. The molecule has 0 saturated heterocycles. The monoisotopic (exact) mass is 276 g/mol. The Hall–Kier alpha value is -2.18. The Kier molecular flexibility index (Phi) is 3.37. The summed E-state index contributed by atoms with van der Waals surface area (Å²) in [5.41, 5.74) is 7.15. The van der Waals surface area contributed by atoms with Gasteiger partial charge in [-0.2, -0.15) is 0 Å². The number of rotatable bonds is 3. The van der Waals surface area contributed by atoms with Crippen LogP contribution in [0.2, 0.25) is 0 Å². The predicted octanol–water partition coefficient (Wildman–Crippen LogP) is 1.10. The summed E-state index contributed by atoms with van der Waals surface area (Å²) in [6, 6.07) is 12.9. The van der Waals surface area contributed by atoms with E-state index in [0.717, 1.165) is 11.1 Å². The molecule has 0 aliphatic rings. The average Bonchev–Trinajstić information content (AvgIpc) is 2.38. The van der Waals surface area contributed by atoms with E-state index >= 15 is 0 Å². The van der Waals surface area contributed by atoms with Crippen molar-refractivity contribution in [3.8, 4) is 11.1 Å². The van der Waals surface area contributed by atoms with E-state index in [0.29, 0.717) is 5.56 Å². The average molecular weight is 276 g/mol. The van der Waals surface area contributed by atoms with E-state index in [1.165, 1.54) is 12.1 Å². The first-order chi connectivity index (χ1) is 8.88. The topological polar surface area (TPSA) is 103 Å². The fourth-order valence-electron chi connectivity index (χ4n) is 1.69. The molecule has 6 heteroatoms. The van der Waals surface area contributed by atoms with Crippen molar-refractivity contribution >= 4 is 15.9 Å². The molecule has 0 spiro atoms. The summed E-state index contributed by atoms with van der Waals surface area (Å²) in [5.74, 6) is -0.511. The van der Waals surface area contributed by atoms with Crippen molar-refractivity contribution in [3.05, 3.63) is 54.1 Å². The van der Waals surface area contributed by atoms with Gasteiger partial charge in [0.2, 0.25) is 15.9 Å². The van der Waals surface area contributed by atoms with Crippen LogP contribution in [-0.4, -0.2) is 14.3 Å². The zero-order chi connectivity index (χ0) is 14.0. The van der Waals surface area contributed by atoms with Gasteiger partial charge in [-0.15, -0.1) is 0 Å². The first-order valence-corrected chi connectivity index (χ1v) is 6.96. The molecule has 4 N–H and O–H groups in total. The summed E-state index contributed by atoms with van der Waals surface area (Å²) in [6.45, 7) is 0. The van der Waals surface area contributed by atoms with Gasteiger partial charge in [0.15, 0.2) is 0 Å². The maximum atomic E-state index is 11.1. The van der Waals surface area contributed by atoms with Gasteiger partial charge < -0.3 is 5.73 Å². The zero-order valence-corrected chi connectivity index (χ0v) is 10.7. The quantitative estimate of drug-likeness (QED) is 0.877. The number of carbonyl (C=O) groups excluding carboxylic acids is 1. The van der Waals surface area contributed by atoms with Crippen molar-refractivity contribution in [1.82, 2.24) is 0 Å². The summed E-state index contributed by atoms with van der Waals surface area (Å²) in [6.07, 6.45) is 0. The van der Waals surface area contributed by atoms with E-state index in [9.17, 15) is 13.2 Å². The van der Waals surface area contributed by atoms with Crippen LogP contribution >= 0.6 is 0 Å². The molecule has 0 radical (unpaired) electrons. The lowest BCUT2D eigenvalue weighted by atomic mass is 10.0. The van der Waals surface area contributed by atoms with Gasteiger partial charge in [-0.3, -0.25) is 4.79 Å². The number of carbonyl (C=O) groups is 1. The predicted molar refractivity (Wildman–Crippen MR) is 71.8 cm³/mol. The molecule has 2 rings (SSSR count). The highest BCUT2D eigenvalue weighted by atomic mass is 32.2. The molecule has 0 aliphatic heterocycles. The van der Waals surface area contributed by atoms with Crippen molar-refractivity contribution in [2.75, 3.05) is 0 Å². The normalized spacial score (nSPS) is 11.2. The molecule has 0 unspecified atom stereocenters. The number of primary amides is 1. The fourth-order valence-corrected chi connectivity index (χ4v) is 2.20. The summed E-state index contributed by atoms with van der Waals surface area (Å²) in [7, 11) is -3.70. The van der Waals surface area contributed by atoms with Crippen LogP contribution in [0.15, 0.2) is 53.4 Å². The molecule has 5 nitrogen and oxygen atoms in total. The third kappa shape index (κ3) is 2.98. The Bertz CT molecular complexity index is 722. The maximum Gasteiger partial charge on any atom is 0.248 e. The highest BCUT2D eigenvalue weighted by Crippen LogP contribution is 2.21. The lowest BCUT2D eigenvalue weighted by Crippen LogP contribution is -2.11. The van der Waals surface area contributed by atoms with Gasteiger partial charge in [0, 0.05) is 5.56 Å². The minimum atomic E-state index is -3.70. The lowest BCUT2D eigenvalue weighted by molar-refractivity contribution is 0.100.